The van der Waals surface area contributed by atoms with Crippen molar-refractivity contribution in [2.45, 2.75) is 26.3 Å². The lowest BCUT2D eigenvalue weighted by Gasteiger charge is -2.33. The van der Waals surface area contributed by atoms with Crippen LogP contribution in [0.4, 0.5) is 0 Å². The molecule has 5 nitrogen and oxygen atoms in total. The molecule has 0 unspecified atom stereocenters. The van der Waals surface area contributed by atoms with Crippen molar-refractivity contribution in [3.63, 3.8) is 0 Å². The highest BCUT2D eigenvalue weighted by Gasteiger charge is 2.26. The quantitative estimate of drug-likeness (QED) is 0.843. The standard InChI is InChI=1S/C16H25NO4/c1-16(4-6-21-7-5-16)11-17-10-12-8-13(19-2)15(18)14(9-12)20-3/h8-9,17-18H,4-7,10-11H2,1-3H3. The Labute approximate surface area is 126 Å². The third kappa shape index (κ3) is 4.02. The second-order valence-corrected chi connectivity index (χ2v) is 5.88. The zero-order valence-corrected chi connectivity index (χ0v) is 13.1. The van der Waals surface area contributed by atoms with Gasteiger partial charge in [0.1, 0.15) is 0 Å². The number of phenolic OH excluding ortho intramolecular Hbond substituents is 1. The van der Waals surface area contributed by atoms with Crippen molar-refractivity contribution in [1.29, 1.82) is 0 Å². The summed E-state index contributed by atoms with van der Waals surface area (Å²) >= 11 is 0. The Morgan fingerprint density at radius 3 is 2.29 bits per heavy atom. The number of hydrogen-bond acceptors (Lipinski definition) is 5. The van der Waals surface area contributed by atoms with Gasteiger partial charge >= 0.3 is 0 Å². The zero-order valence-electron chi connectivity index (χ0n) is 13.1. The lowest BCUT2D eigenvalue weighted by molar-refractivity contribution is 0.0240. The summed E-state index contributed by atoms with van der Waals surface area (Å²) < 4.78 is 15.8. The van der Waals surface area contributed by atoms with Gasteiger partial charge in [0.05, 0.1) is 14.2 Å². The molecule has 2 rings (SSSR count). The maximum atomic E-state index is 9.90. The van der Waals surface area contributed by atoms with Crippen LogP contribution in [0.2, 0.25) is 0 Å². The van der Waals surface area contributed by atoms with E-state index in [2.05, 4.69) is 12.2 Å². The summed E-state index contributed by atoms with van der Waals surface area (Å²) in [5.41, 5.74) is 1.32. The van der Waals surface area contributed by atoms with Crippen LogP contribution in [0.3, 0.4) is 0 Å². The molecule has 0 spiro atoms. The molecule has 21 heavy (non-hydrogen) atoms. The minimum absolute atomic E-state index is 0.0418. The molecule has 0 aliphatic carbocycles. The lowest BCUT2D eigenvalue weighted by atomic mass is 9.82. The van der Waals surface area contributed by atoms with Gasteiger partial charge in [0.2, 0.25) is 5.75 Å². The molecule has 0 aromatic heterocycles. The highest BCUT2D eigenvalue weighted by molar-refractivity contribution is 5.52. The van der Waals surface area contributed by atoms with Crippen LogP contribution in [-0.4, -0.2) is 39.1 Å². The van der Waals surface area contributed by atoms with Crippen LogP contribution in [0.5, 0.6) is 17.2 Å². The van der Waals surface area contributed by atoms with E-state index in [4.69, 9.17) is 14.2 Å². The largest absolute Gasteiger partial charge is 0.502 e. The third-order valence-electron chi connectivity index (χ3n) is 4.12. The molecule has 0 bridgehead atoms. The Morgan fingerprint density at radius 1 is 1.19 bits per heavy atom. The molecular weight excluding hydrogens is 270 g/mol. The predicted molar refractivity (Wildman–Crippen MR) is 81.1 cm³/mol. The minimum Gasteiger partial charge on any atom is -0.502 e. The fourth-order valence-electron chi connectivity index (χ4n) is 2.60. The van der Waals surface area contributed by atoms with Gasteiger partial charge in [-0.05, 0) is 36.0 Å². The lowest BCUT2D eigenvalue weighted by Crippen LogP contribution is -2.36. The van der Waals surface area contributed by atoms with E-state index in [1.54, 1.807) is 0 Å². The Balaban J connectivity index is 1.96. The summed E-state index contributed by atoms with van der Waals surface area (Å²) in [5.74, 6) is 0.909. The average Bonchev–Trinajstić information content (AvgIpc) is 2.49. The van der Waals surface area contributed by atoms with E-state index in [1.807, 2.05) is 12.1 Å². The molecule has 118 valence electrons. The number of ether oxygens (including phenoxy) is 3. The molecule has 1 heterocycles. The second kappa shape index (κ2) is 7.00. The maximum absolute atomic E-state index is 9.90. The van der Waals surface area contributed by atoms with E-state index in [9.17, 15) is 5.11 Å². The molecule has 1 fully saturated rings. The normalized spacial score (nSPS) is 17.5. The van der Waals surface area contributed by atoms with Gasteiger partial charge in [0.15, 0.2) is 11.5 Å². The Hall–Kier alpha value is -1.46. The number of phenols is 1. The van der Waals surface area contributed by atoms with Crippen molar-refractivity contribution in [2.75, 3.05) is 34.0 Å². The van der Waals surface area contributed by atoms with E-state index >= 15 is 0 Å². The van der Waals surface area contributed by atoms with Crippen molar-refractivity contribution < 1.29 is 19.3 Å². The van der Waals surface area contributed by atoms with E-state index in [0.29, 0.717) is 23.5 Å². The summed E-state index contributed by atoms with van der Waals surface area (Å²) in [5, 5.41) is 13.4. The van der Waals surface area contributed by atoms with Crippen LogP contribution < -0.4 is 14.8 Å². The van der Waals surface area contributed by atoms with Gasteiger partial charge in [-0.25, -0.2) is 0 Å². The third-order valence-corrected chi connectivity index (χ3v) is 4.12. The maximum Gasteiger partial charge on any atom is 0.200 e. The van der Waals surface area contributed by atoms with Crippen LogP contribution in [0, 0.1) is 5.41 Å². The molecule has 0 saturated carbocycles. The van der Waals surface area contributed by atoms with E-state index in [-0.39, 0.29) is 5.75 Å². The molecule has 1 saturated heterocycles. The number of benzene rings is 1. The minimum atomic E-state index is 0.0418. The van der Waals surface area contributed by atoms with Gasteiger partial charge in [0, 0.05) is 26.3 Å². The van der Waals surface area contributed by atoms with E-state index in [1.165, 1.54) is 14.2 Å². The van der Waals surface area contributed by atoms with Crippen LogP contribution in [0.15, 0.2) is 12.1 Å². The molecule has 1 aliphatic heterocycles. The van der Waals surface area contributed by atoms with Crippen molar-refractivity contribution in [3.05, 3.63) is 17.7 Å². The van der Waals surface area contributed by atoms with Crippen LogP contribution in [0.1, 0.15) is 25.3 Å². The van der Waals surface area contributed by atoms with Gasteiger partial charge in [0.25, 0.3) is 0 Å². The fraction of sp³-hybridized carbons (Fsp3) is 0.625. The zero-order chi connectivity index (χ0) is 15.3. The van der Waals surface area contributed by atoms with Gasteiger partial charge in [-0.1, -0.05) is 6.92 Å². The molecule has 1 aromatic carbocycles. The van der Waals surface area contributed by atoms with Crippen molar-refractivity contribution in [3.8, 4) is 17.2 Å². The Bertz CT molecular complexity index is 444. The predicted octanol–water partition coefficient (Wildman–Crippen LogP) is 2.32. The molecule has 5 heteroatoms. The summed E-state index contributed by atoms with van der Waals surface area (Å²) in [6.45, 7) is 5.64. The number of aromatic hydroxyl groups is 1. The molecule has 1 aliphatic rings. The van der Waals surface area contributed by atoms with E-state index < -0.39 is 0 Å². The fourth-order valence-corrected chi connectivity index (χ4v) is 2.60. The van der Waals surface area contributed by atoms with E-state index in [0.717, 1.165) is 38.2 Å². The van der Waals surface area contributed by atoms with Gasteiger partial charge < -0.3 is 24.6 Å². The smallest absolute Gasteiger partial charge is 0.200 e. The van der Waals surface area contributed by atoms with Crippen molar-refractivity contribution in [1.82, 2.24) is 5.32 Å². The first-order chi connectivity index (χ1) is 10.1. The Morgan fingerprint density at radius 2 is 1.76 bits per heavy atom. The topological polar surface area (TPSA) is 60.0 Å². The van der Waals surface area contributed by atoms with Gasteiger partial charge in [-0.2, -0.15) is 0 Å². The number of rotatable bonds is 6. The SMILES string of the molecule is COc1cc(CNCC2(C)CCOCC2)cc(OC)c1O. The highest BCUT2D eigenvalue weighted by atomic mass is 16.5. The second-order valence-electron chi connectivity index (χ2n) is 5.88. The van der Waals surface area contributed by atoms with Gasteiger partial charge in [-0.3, -0.25) is 0 Å². The Kier molecular flexibility index (Phi) is 5.31. The number of nitrogens with one attached hydrogen (secondary N) is 1. The molecule has 0 atom stereocenters. The number of hydrogen-bond donors (Lipinski definition) is 2. The molecule has 2 N–H and O–H groups in total. The summed E-state index contributed by atoms with van der Waals surface area (Å²) in [6, 6.07) is 3.66. The molecule has 1 aromatic rings. The van der Waals surface area contributed by atoms with Crippen molar-refractivity contribution >= 4 is 0 Å². The summed E-state index contributed by atoms with van der Waals surface area (Å²) in [4.78, 5) is 0. The van der Waals surface area contributed by atoms with Crippen LogP contribution in [0.25, 0.3) is 0 Å². The average molecular weight is 295 g/mol. The molecular formula is C16H25NO4. The number of methoxy groups -OCH3 is 2. The van der Waals surface area contributed by atoms with Gasteiger partial charge in [-0.15, -0.1) is 0 Å². The summed E-state index contributed by atoms with van der Waals surface area (Å²) in [7, 11) is 3.07. The van der Waals surface area contributed by atoms with Crippen LogP contribution in [-0.2, 0) is 11.3 Å². The highest BCUT2D eigenvalue weighted by Crippen LogP contribution is 2.37. The first-order valence-electron chi connectivity index (χ1n) is 7.30. The molecule has 0 radical (unpaired) electrons. The van der Waals surface area contributed by atoms with Crippen LogP contribution >= 0.6 is 0 Å². The first kappa shape index (κ1) is 15.9. The van der Waals surface area contributed by atoms with Crippen molar-refractivity contribution in [2.24, 2.45) is 5.41 Å². The molecule has 0 amide bonds. The summed E-state index contributed by atoms with van der Waals surface area (Å²) in [6.07, 6.45) is 2.17. The first-order valence-corrected chi connectivity index (χ1v) is 7.30. The monoisotopic (exact) mass is 295 g/mol.